The maximum atomic E-state index is 3.00. The van der Waals surface area contributed by atoms with Gasteiger partial charge < -0.3 is 4.90 Å². The van der Waals surface area contributed by atoms with Crippen LogP contribution in [0.2, 0.25) is 0 Å². The van der Waals surface area contributed by atoms with Crippen molar-refractivity contribution in [3.05, 3.63) is 13.2 Å². The van der Waals surface area contributed by atoms with Gasteiger partial charge in [0.25, 0.3) is 0 Å². The number of fused-ring (bicyclic) bond motifs is 3. The Balaban J connectivity index is 0.000000461. The molecule has 1 atom stereocenters. The molecule has 0 aromatic heterocycles. The minimum atomic E-state index is 0.532. The predicted molar refractivity (Wildman–Crippen MR) is 63.4 cm³/mol. The summed E-state index contributed by atoms with van der Waals surface area (Å²) in [6.45, 7) is 17.3. The summed E-state index contributed by atoms with van der Waals surface area (Å²) in [5.74, 6) is 2.00. The molecule has 0 saturated carbocycles. The molecular weight excluding hydrogens is 170 g/mol. The molecule has 3 fully saturated rings. The van der Waals surface area contributed by atoms with E-state index in [1.807, 2.05) is 0 Å². The fourth-order valence-corrected chi connectivity index (χ4v) is 2.95. The molecule has 0 amide bonds. The molecule has 1 heteroatoms. The molecule has 3 heterocycles. The molecule has 0 aliphatic carbocycles. The highest BCUT2D eigenvalue weighted by molar-refractivity contribution is 4.91. The van der Waals surface area contributed by atoms with Gasteiger partial charge in [-0.2, -0.15) is 0 Å². The number of nitrogens with zero attached hydrogens (tertiary/aromatic N) is 1. The summed E-state index contributed by atoms with van der Waals surface area (Å²) in [5.41, 5.74) is 0.532. The van der Waals surface area contributed by atoms with Crippen LogP contribution in [0, 0.1) is 17.3 Å². The third kappa shape index (κ3) is 2.38. The molecule has 2 bridgehead atoms. The van der Waals surface area contributed by atoms with Crippen molar-refractivity contribution in [2.75, 3.05) is 19.6 Å². The van der Waals surface area contributed by atoms with Crippen LogP contribution in [0.25, 0.3) is 0 Å². The predicted octanol–water partition coefficient (Wildman–Crippen LogP) is 3.18. The van der Waals surface area contributed by atoms with Crippen LogP contribution < -0.4 is 0 Å². The molecule has 1 nitrogen and oxygen atoms in total. The molecule has 0 radical (unpaired) electrons. The van der Waals surface area contributed by atoms with E-state index in [1.165, 1.54) is 32.5 Å². The molecule has 14 heavy (non-hydrogen) atoms. The maximum Gasteiger partial charge on any atom is 0.00173 e. The van der Waals surface area contributed by atoms with Gasteiger partial charge in [0.1, 0.15) is 0 Å². The van der Waals surface area contributed by atoms with Gasteiger partial charge in [-0.05, 0) is 43.2 Å². The number of rotatable bonds is 0. The van der Waals surface area contributed by atoms with Crippen molar-refractivity contribution >= 4 is 0 Å². The van der Waals surface area contributed by atoms with Crippen molar-refractivity contribution in [1.29, 1.82) is 0 Å². The zero-order chi connectivity index (χ0) is 10.8. The Morgan fingerprint density at radius 3 is 1.79 bits per heavy atom. The van der Waals surface area contributed by atoms with Crippen molar-refractivity contribution in [2.24, 2.45) is 17.3 Å². The average Bonchev–Trinajstić information content (AvgIpc) is 2.21. The largest absolute Gasteiger partial charge is 0.303 e. The second-order valence-corrected chi connectivity index (χ2v) is 5.61. The SMILES string of the molecule is C=C.CC(C)(C)C1CN2CCC1CC2. The monoisotopic (exact) mass is 195 g/mol. The Bertz CT molecular complexity index is 172. The van der Waals surface area contributed by atoms with Crippen molar-refractivity contribution in [3.8, 4) is 0 Å². The van der Waals surface area contributed by atoms with E-state index < -0.39 is 0 Å². The smallest absolute Gasteiger partial charge is 0.00173 e. The molecule has 82 valence electrons. The lowest BCUT2D eigenvalue weighted by atomic mass is 9.67. The van der Waals surface area contributed by atoms with Crippen LogP contribution in [-0.2, 0) is 0 Å². The molecule has 3 aliphatic rings. The number of hydrogen-bond acceptors (Lipinski definition) is 1. The first kappa shape index (κ1) is 11.8. The Morgan fingerprint density at radius 1 is 1.07 bits per heavy atom. The maximum absolute atomic E-state index is 3.00. The van der Waals surface area contributed by atoms with Crippen LogP contribution in [0.5, 0.6) is 0 Å². The summed E-state index contributed by atoms with van der Waals surface area (Å²) < 4.78 is 0. The van der Waals surface area contributed by atoms with E-state index in [0.717, 1.165) is 11.8 Å². The van der Waals surface area contributed by atoms with Crippen LogP contribution >= 0.6 is 0 Å². The lowest BCUT2D eigenvalue weighted by Crippen LogP contribution is -2.51. The van der Waals surface area contributed by atoms with Crippen molar-refractivity contribution in [3.63, 3.8) is 0 Å². The van der Waals surface area contributed by atoms with Crippen LogP contribution in [0.3, 0.4) is 0 Å². The zero-order valence-corrected chi connectivity index (χ0v) is 10.1. The summed E-state index contributed by atoms with van der Waals surface area (Å²) >= 11 is 0. The van der Waals surface area contributed by atoms with E-state index in [4.69, 9.17) is 0 Å². The second-order valence-electron chi connectivity index (χ2n) is 5.61. The summed E-state index contributed by atoms with van der Waals surface area (Å²) in [6.07, 6.45) is 2.92. The average molecular weight is 195 g/mol. The molecule has 0 spiro atoms. The van der Waals surface area contributed by atoms with Gasteiger partial charge in [-0.3, -0.25) is 0 Å². The normalized spacial score (nSPS) is 36.1. The lowest BCUT2D eigenvalue weighted by molar-refractivity contribution is -0.00555. The molecule has 3 aliphatic heterocycles. The minimum absolute atomic E-state index is 0.532. The molecule has 3 rings (SSSR count). The first-order valence-corrected chi connectivity index (χ1v) is 5.80. The fourth-order valence-electron chi connectivity index (χ4n) is 2.95. The molecule has 0 N–H and O–H groups in total. The van der Waals surface area contributed by atoms with Crippen molar-refractivity contribution in [2.45, 2.75) is 33.6 Å². The van der Waals surface area contributed by atoms with Gasteiger partial charge in [0.15, 0.2) is 0 Å². The third-order valence-electron chi connectivity index (χ3n) is 3.77. The third-order valence-corrected chi connectivity index (χ3v) is 3.77. The molecule has 0 aromatic carbocycles. The molecule has 0 aromatic rings. The van der Waals surface area contributed by atoms with Gasteiger partial charge in [-0.1, -0.05) is 20.8 Å². The van der Waals surface area contributed by atoms with Gasteiger partial charge in [0.2, 0.25) is 0 Å². The van der Waals surface area contributed by atoms with Crippen LogP contribution in [0.15, 0.2) is 13.2 Å². The Kier molecular flexibility index (Phi) is 3.77. The highest BCUT2D eigenvalue weighted by atomic mass is 15.1. The number of hydrogen-bond donors (Lipinski definition) is 0. The summed E-state index contributed by atoms with van der Waals surface area (Å²) in [7, 11) is 0. The molecule has 1 unspecified atom stereocenters. The standard InChI is InChI=1S/C11H21N.C2H4/c1-11(2,3)10-8-12-6-4-9(10)5-7-12;1-2/h9-10H,4-8H2,1-3H3;1-2H2. The Morgan fingerprint density at radius 2 is 1.57 bits per heavy atom. The minimum Gasteiger partial charge on any atom is -0.303 e. The first-order valence-electron chi connectivity index (χ1n) is 5.80. The van der Waals surface area contributed by atoms with Crippen LogP contribution in [-0.4, -0.2) is 24.5 Å². The van der Waals surface area contributed by atoms with E-state index in [9.17, 15) is 0 Å². The van der Waals surface area contributed by atoms with Crippen molar-refractivity contribution < 1.29 is 0 Å². The Hall–Kier alpha value is -0.300. The number of piperidine rings is 3. The fraction of sp³-hybridized carbons (Fsp3) is 0.846. The second kappa shape index (κ2) is 4.48. The van der Waals surface area contributed by atoms with Gasteiger partial charge in [0.05, 0.1) is 0 Å². The zero-order valence-electron chi connectivity index (χ0n) is 10.1. The first-order chi connectivity index (χ1) is 6.57. The van der Waals surface area contributed by atoms with Gasteiger partial charge in [0, 0.05) is 6.54 Å². The summed E-state index contributed by atoms with van der Waals surface area (Å²) in [4.78, 5) is 2.65. The van der Waals surface area contributed by atoms with E-state index in [2.05, 4.69) is 38.8 Å². The van der Waals surface area contributed by atoms with E-state index in [1.54, 1.807) is 0 Å². The topological polar surface area (TPSA) is 3.24 Å². The lowest BCUT2D eigenvalue weighted by Gasteiger charge is -2.50. The van der Waals surface area contributed by atoms with E-state index >= 15 is 0 Å². The highest BCUT2D eigenvalue weighted by Gasteiger charge is 2.39. The highest BCUT2D eigenvalue weighted by Crippen LogP contribution is 2.42. The molecular formula is C13H25N. The van der Waals surface area contributed by atoms with E-state index in [0.29, 0.717) is 5.41 Å². The van der Waals surface area contributed by atoms with Gasteiger partial charge in [-0.25, -0.2) is 0 Å². The Labute approximate surface area is 89.2 Å². The summed E-state index contributed by atoms with van der Waals surface area (Å²) in [5, 5.41) is 0. The molecule has 3 saturated heterocycles. The van der Waals surface area contributed by atoms with Crippen LogP contribution in [0.1, 0.15) is 33.6 Å². The van der Waals surface area contributed by atoms with Crippen LogP contribution in [0.4, 0.5) is 0 Å². The van der Waals surface area contributed by atoms with Crippen molar-refractivity contribution in [1.82, 2.24) is 4.90 Å². The van der Waals surface area contributed by atoms with Gasteiger partial charge >= 0.3 is 0 Å². The van der Waals surface area contributed by atoms with E-state index in [-0.39, 0.29) is 0 Å². The van der Waals surface area contributed by atoms with Gasteiger partial charge in [-0.15, -0.1) is 13.2 Å². The summed E-state index contributed by atoms with van der Waals surface area (Å²) in [6, 6.07) is 0. The quantitative estimate of drug-likeness (QED) is 0.537.